The second kappa shape index (κ2) is 6.07. The number of hydrogen-bond acceptors (Lipinski definition) is 5. The van der Waals surface area contributed by atoms with Gasteiger partial charge in [0.1, 0.15) is 0 Å². The third-order valence-corrected chi connectivity index (χ3v) is 4.66. The Kier molecular flexibility index (Phi) is 3.74. The second-order valence-corrected chi connectivity index (χ2v) is 6.88. The van der Waals surface area contributed by atoms with Crippen LogP contribution in [0.15, 0.2) is 54.3 Å². The number of anilines is 2. The van der Waals surface area contributed by atoms with Gasteiger partial charge in [-0.05, 0) is 36.8 Å². The quantitative estimate of drug-likeness (QED) is 0.684. The number of carbonyl (C=O) groups excluding carboxylic acids is 1. The lowest BCUT2D eigenvalue weighted by Crippen LogP contribution is -2.23. The number of nitrogens with zero attached hydrogens (tertiary/aromatic N) is 1. The molecule has 0 spiro atoms. The summed E-state index contributed by atoms with van der Waals surface area (Å²) < 4.78 is 5.78. The Morgan fingerprint density at radius 1 is 1.20 bits per heavy atom. The van der Waals surface area contributed by atoms with Crippen LogP contribution in [0.25, 0.3) is 17.3 Å². The molecule has 1 aliphatic rings. The molecular weight excluding hydrogens is 334 g/mol. The van der Waals surface area contributed by atoms with Crippen molar-refractivity contribution in [2.75, 3.05) is 11.1 Å². The van der Waals surface area contributed by atoms with Crippen LogP contribution in [0.5, 0.6) is 5.75 Å². The lowest BCUT2D eigenvalue weighted by atomic mass is 10.1. The number of aryl methyl sites for hydroxylation is 1. The van der Waals surface area contributed by atoms with E-state index in [1.54, 1.807) is 6.08 Å². The topological polar surface area (TPSA) is 77.2 Å². The fourth-order valence-electron chi connectivity index (χ4n) is 2.69. The van der Waals surface area contributed by atoms with E-state index in [1.165, 1.54) is 11.3 Å². The first-order valence-electron chi connectivity index (χ1n) is 7.73. The molecule has 2 heterocycles. The summed E-state index contributed by atoms with van der Waals surface area (Å²) in [6.45, 7) is 1.97. The van der Waals surface area contributed by atoms with Gasteiger partial charge in [0.05, 0.1) is 11.4 Å². The number of hydrogen-bond donors (Lipinski definition) is 2. The normalized spacial score (nSPS) is 14.8. The first kappa shape index (κ1) is 15.4. The maximum Gasteiger partial charge on any atom is 0.291 e. The Morgan fingerprint density at radius 3 is 2.72 bits per heavy atom. The maximum absolute atomic E-state index is 12.3. The molecule has 0 saturated heterocycles. The van der Waals surface area contributed by atoms with Crippen molar-refractivity contribution >= 4 is 34.1 Å². The molecule has 2 aromatic carbocycles. The number of aromatic nitrogens is 1. The second-order valence-electron chi connectivity index (χ2n) is 5.64. The number of rotatable bonds is 2. The van der Waals surface area contributed by atoms with E-state index in [0.29, 0.717) is 16.6 Å². The van der Waals surface area contributed by atoms with E-state index in [0.717, 1.165) is 21.7 Å². The number of nitrogens with one attached hydrogen (secondary N) is 1. The van der Waals surface area contributed by atoms with Crippen molar-refractivity contribution in [1.29, 1.82) is 0 Å². The van der Waals surface area contributed by atoms with Gasteiger partial charge in [-0.15, -0.1) is 11.3 Å². The zero-order chi connectivity index (χ0) is 17.4. The molecule has 25 heavy (non-hydrogen) atoms. The highest BCUT2D eigenvalue weighted by molar-refractivity contribution is 7.15. The Labute approximate surface area is 148 Å². The number of nitrogen functional groups attached to an aromatic ring is 1. The summed E-state index contributed by atoms with van der Waals surface area (Å²) in [5, 5.41) is 3.41. The van der Waals surface area contributed by atoms with Crippen molar-refractivity contribution in [2.45, 2.75) is 6.92 Å². The van der Waals surface area contributed by atoms with Gasteiger partial charge in [-0.3, -0.25) is 4.79 Å². The molecule has 124 valence electrons. The molecule has 0 saturated carbocycles. The molecule has 5 nitrogen and oxygen atoms in total. The summed E-state index contributed by atoms with van der Waals surface area (Å²) in [6.07, 6.45) is 1.72. The molecule has 1 aliphatic heterocycles. The Balaban J connectivity index is 1.68. The monoisotopic (exact) mass is 349 g/mol. The average Bonchev–Trinajstić information content (AvgIpc) is 2.94. The minimum atomic E-state index is -0.275. The van der Waals surface area contributed by atoms with Gasteiger partial charge < -0.3 is 15.8 Å². The minimum absolute atomic E-state index is 0.264. The number of benzene rings is 2. The molecule has 0 radical (unpaired) electrons. The summed E-state index contributed by atoms with van der Waals surface area (Å²) in [4.78, 5) is 17.7. The van der Waals surface area contributed by atoms with E-state index in [-0.39, 0.29) is 11.7 Å². The fourth-order valence-corrected chi connectivity index (χ4v) is 3.40. The molecule has 0 fully saturated rings. The molecule has 3 aromatic rings. The lowest BCUT2D eigenvalue weighted by molar-refractivity contribution is -0.115. The zero-order valence-electron chi connectivity index (χ0n) is 13.4. The van der Waals surface area contributed by atoms with Crippen molar-refractivity contribution in [2.24, 2.45) is 0 Å². The van der Waals surface area contributed by atoms with Gasteiger partial charge in [-0.1, -0.05) is 30.3 Å². The largest absolute Gasteiger partial charge is 0.449 e. The van der Waals surface area contributed by atoms with Crippen molar-refractivity contribution in [3.63, 3.8) is 0 Å². The van der Waals surface area contributed by atoms with Crippen LogP contribution in [0.1, 0.15) is 10.4 Å². The Hall–Kier alpha value is -3.12. The van der Waals surface area contributed by atoms with Crippen LogP contribution in [0.4, 0.5) is 10.8 Å². The lowest BCUT2D eigenvalue weighted by Gasteiger charge is -2.20. The van der Waals surface area contributed by atoms with E-state index < -0.39 is 0 Å². The third kappa shape index (κ3) is 2.99. The average molecular weight is 349 g/mol. The summed E-state index contributed by atoms with van der Waals surface area (Å²) in [5.41, 5.74) is 9.02. The van der Waals surface area contributed by atoms with Gasteiger partial charge >= 0.3 is 0 Å². The maximum atomic E-state index is 12.3. The van der Waals surface area contributed by atoms with E-state index in [9.17, 15) is 4.79 Å². The van der Waals surface area contributed by atoms with Crippen molar-refractivity contribution in [1.82, 2.24) is 4.98 Å². The van der Waals surface area contributed by atoms with Crippen molar-refractivity contribution in [3.05, 3.63) is 64.7 Å². The van der Waals surface area contributed by atoms with Gasteiger partial charge in [-0.2, -0.15) is 0 Å². The predicted octanol–water partition coefficient (Wildman–Crippen LogP) is 4.07. The third-order valence-electron chi connectivity index (χ3n) is 3.86. The smallest absolute Gasteiger partial charge is 0.291 e. The summed E-state index contributed by atoms with van der Waals surface area (Å²) in [7, 11) is 0. The number of nitrogens with two attached hydrogens (primary N) is 1. The fraction of sp³-hybridized carbons (Fsp3) is 0.0526. The highest BCUT2D eigenvalue weighted by Gasteiger charge is 2.23. The van der Waals surface area contributed by atoms with Crippen LogP contribution in [-0.2, 0) is 4.79 Å². The SMILES string of the molecule is Cc1sc(N)nc1-c1ccc2c(c1)NC(=O)/C(=C\c1ccccc1)O2. The zero-order valence-corrected chi connectivity index (χ0v) is 14.3. The van der Waals surface area contributed by atoms with Crippen LogP contribution in [0.2, 0.25) is 0 Å². The molecule has 4 rings (SSSR count). The van der Waals surface area contributed by atoms with Gasteiger partial charge in [0, 0.05) is 10.4 Å². The highest BCUT2D eigenvalue weighted by Crippen LogP contribution is 2.37. The Morgan fingerprint density at radius 2 is 2.00 bits per heavy atom. The van der Waals surface area contributed by atoms with Gasteiger partial charge in [0.25, 0.3) is 5.91 Å². The number of amides is 1. The molecular formula is C19H15N3O2S. The highest BCUT2D eigenvalue weighted by atomic mass is 32.1. The Bertz CT molecular complexity index is 993. The van der Waals surface area contributed by atoms with Crippen LogP contribution in [0.3, 0.4) is 0 Å². The van der Waals surface area contributed by atoms with Crippen molar-refractivity contribution in [3.8, 4) is 17.0 Å². The molecule has 0 atom stereocenters. The van der Waals surface area contributed by atoms with Gasteiger partial charge in [0.2, 0.25) is 0 Å². The first-order valence-corrected chi connectivity index (χ1v) is 8.55. The number of thiazole rings is 1. The summed E-state index contributed by atoms with van der Waals surface area (Å²) in [5.74, 6) is 0.593. The molecule has 1 aromatic heterocycles. The predicted molar refractivity (Wildman–Crippen MR) is 100 cm³/mol. The van der Waals surface area contributed by atoms with Crippen LogP contribution < -0.4 is 15.8 Å². The standard InChI is InChI=1S/C19H15N3O2S/c1-11-17(22-19(20)25-11)13-7-8-15-14(10-13)21-18(23)16(24-15)9-12-5-3-2-4-6-12/h2-10H,1H3,(H2,20,22)(H,21,23)/b16-9+. The molecule has 1 amide bonds. The first-order chi connectivity index (χ1) is 12.1. The molecule has 0 aliphatic carbocycles. The van der Waals surface area contributed by atoms with Crippen LogP contribution in [0, 0.1) is 6.92 Å². The summed E-state index contributed by atoms with van der Waals surface area (Å²) >= 11 is 1.44. The molecule has 0 unspecified atom stereocenters. The summed E-state index contributed by atoms with van der Waals surface area (Å²) in [6, 6.07) is 15.2. The molecule has 3 N–H and O–H groups in total. The minimum Gasteiger partial charge on any atom is -0.449 e. The van der Waals surface area contributed by atoms with E-state index >= 15 is 0 Å². The van der Waals surface area contributed by atoms with Crippen LogP contribution in [-0.4, -0.2) is 10.9 Å². The molecule has 6 heteroatoms. The van der Waals surface area contributed by atoms with Crippen LogP contribution >= 0.6 is 11.3 Å². The number of carbonyl (C=O) groups is 1. The van der Waals surface area contributed by atoms with Gasteiger partial charge in [-0.25, -0.2) is 4.98 Å². The van der Waals surface area contributed by atoms with Gasteiger partial charge in [0.15, 0.2) is 16.6 Å². The molecule has 0 bridgehead atoms. The van der Waals surface area contributed by atoms with Crippen molar-refractivity contribution < 1.29 is 9.53 Å². The van der Waals surface area contributed by atoms with E-state index in [2.05, 4.69) is 10.3 Å². The van der Waals surface area contributed by atoms with E-state index in [1.807, 2.05) is 55.5 Å². The van der Waals surface area contributed by atoms with E-state index in [4.69, 9.17) is 10.5 Å². The number of ether oxygens (including phenoxy) is 1. The number of fused-ring (bicyclic) bond motifs is 1.